The predicted octanol–water partition coefficient (Wildman–Crippen LogP) is 3.05. The minimum Gasteiger partial charge on any atom is -0.748 e. The maximum Gasteiger partial charge on any atom is 0.335 e. The predicted molar refractivity (Wildman–Crippen MR) is 298 cm³/mol. The maximum absolute atomic E-state index is 12.4. The number of anilines is 1. The Balaban J connectivity index is 1.31. The minimum absolute atomic E-state index is 0.00174. The number of hydrogen-bond donors (Lipinski definition) is 0. The molecule has 2 amide bonds. The van der Waals surface area contributed by atoms with Gasteiger partial charge >= 0.3 is 5.97 Å². The van der Waals surface area contributed by atoms with Gasteiger partial charge in [-0.15, -0.1) is 5.06 Å². The zero-order chi connectivity index (χ0) is 60.7. The van der Waals surface area contributed by atoms with Crippen molar-refractivity contribution in [3.05, 3.63) is 82.6 Å². The highest BCUT2D eigenvalue weighted by Gasteiger charge is 2.43. The van der Waals surface area contributed by atoms with Crippen molar-refractivity contribution < 1.29 is 100 Å². The van der Waals surface area contributed by atoms with Gasteiger partial charge in [0.05, 0.1) is 130 Å². The summed E-state index contributed by atoms with van der Waals surface area (Å²) in [6.45, 7) is 12.7. The van der Waals surface area contributed by atoms with E-state index in [1.165, 1.54) is 18.2 Å². The van der Waals surface area contributed by atoms with Crippen LogP contribution in [0.2, 0.25) is 0 Å². The van der Waals surface area contributed by atoms with E-state index in [0.29, 0.717) is 85.1 Å². The summed E-state index contributed by atoms with van der Waals surface area (Å²) in [5, 5.41) is 1.16. The lowest BCUT2D eigenvalue weighted by Crippen LogP contribution is -2.35. The zero-order valence-electron chi connectivity index (χ0n) is 47.7. The summed E-state index contributed by atoms with van der Waals surface area (Å²) in [5.74, 6) is -2.21. The van der Waals surface area contributed by atoms with Gasteiger partial charge in [0.2, 0.25) is 5.36 Å². The molecule has 83 heavy (non-hydrogen) atoms. The highest BCUT2D eigenvalue weighted by Crippen LogP contribution is 2.51. The van der Waals surface area contributed by atoms with Gasteiger partial charge in [-0.1, -0.05) is 26.8 Å². The van der Waals surface area contributed by atoms with E-state index in [0.717, 1.165) is 11.1 Å². The Morgan fingerprint density at radius 1 is 0.699 bits per heavy atom. The fourth-order valence-electron chi connectivity index (χ4n) is 9.16. The number of hydrogen-bond acceptors (Lipinski definition) is 23. The lowest BCUT2D eigenvalue weighted by atomic mass is 9.77. The lowest BCUT2D eigenvalue weighted by molar-refractivity contribution is -0.198. The van der Waals surface area contributed by atoms with Gasteiger partial charge in [0.1, 0.15) is 34.8 Å². The first-order chi connectivity index (χ1) is 39.3. The molecule has 1 atom stereocenters. The van der Waals surface area contributed by atoms with Crippen LogP contribution in [0.3, 0.4) is 0 Å². The standard InChI is InChI=1S/C55H79N3O22S3/c1-54(2,3)46-40-43(79-49-39-42(11-13-45(46)49)56(19-8-38-82(65,66)67)20-23-73-28-31-77-34-33-75-26-25-71-5)9-6-10-50-55(4,18-7-37-81(62,63)64)47-41-44(83(68,69)70)12-14-48(47)57(50)21-24-74-29-32-78-36-35-76-30-27-72-22-17-53(61)80-58-51(59)15-16-52(58)60/h6,9-14,39-41H,7-8,15-38H2,1-5H3,(H2-,62,63,64,65,66,67,68,69,70)/p-2. The number of hydroxylamine groups is 2. The van der Waals surface area contributed by atoms with E-state index >= 15 is 0 Å². The van der Waals surface area contributed by atoms with Gasteiger partial charge in [-0.2, -0.15) is 0 Å². The summed E-state index contributed by atoms with van der Waals surface area (Å²) < 4.78 is 160. The smallest absolute Gasteiger partial charge is 0.335 e. The second-order valence-electron chi connectivity index (χ2n) is 20.6. The molecule has 1 aromatic rings. The van der Waals surface area contributed by atoms with Crippen molar-refractivity contribution in [2.75, 3.05) is 142 Å². The highest BCUT2D eigenvalue weighted by molar-refractivity contribution is 7.86. The number of nitrogens with zero attached hydrogens (tertiary/aromatic N) is 3. The first-order valence-corrected chi connectivity index (χ1v) is 31.8. The molecule has 0 bridgehead atoms. The SMILES string of the molecule is COCCOCCOCCOCC[N+](CCCS(=O)(=O)[O-])=c1ccc2c(C(C)(C)C)cc(/C=C/C=C3/N(CCOCCOCCOCCOCCC(=O)ON4C(=O)CCC4=O)c4ccc(S(=O)(=O)[O-])cc4C3(C)CCCS(=O)(=O)[O-])oc-2c1. The molecule has 1 unspecified atom stereocenters. The number of rotatable bonds is 39. The van der Waals surface area contributed by atoms with Crippen molar-refractivity contribution in [2.24, 2.45) is 0 Å². The Morgan fingerprint density at radius 2 is 1.25 bits per heavy atom. The van der Waals surface area contributed by atoms with Crippen LogP contribution in [0, 0.1) is 0 Å². The maximum atomic E-state index is 12.4. The van der Waals surface area contributed by atoms with Crippen LogP contribution in [0.1, 0.15) is 83.1 Å². The van der Waals surface area contributed by atoms with Crippen LogP contribution in [-0.4, -0.2) is 199 Å². The van der Waals surface area contributed by atoms with Gasteiger partial charge in [0, 0.05) is 72.9 Å². The van der Waals surface area contributed by atoms with Gasteiger partial charge in [-0.25, -0.2) is 34.6 Å². The average molecular weight is 1230 g/mol. The van der Waals surface area contributed by atoms with E-state index in [1.807, 2.05) is 33.7 Å². The van der Waals surface area contributed by atoms with Gasteiger partial charge < -0.3 is 65.7 Å². The number of benzene rings is 2. The number of allylic oxidation sites excluding steroid dienone is 3. The molecule has 28 heteroatoms. The second kappa shape index (κ2) is 33.0. The quantitative estimate of drug-likeness (QED) is 0.0343. The van der Waals surface area contributed by atoms with E-state index in [1.54, 1.807) is 32.3 Å². The Kier molecular flexibility index (Phi) is 27.3. The Bertz CT molecular complexity index is 3050. The number of ether oxygens (including phenoxy) is 8. The molecule has 3 aliphatic heterocycles. The van der Waals surface area contributed by atoms with E-state index in [-0.39, 0.29) is 111 Å². The van der Waals surface area contributed by atoms with Crippen molar-refractivity contribution in [3.8, 4) is 11.3 Å². The van der Waals surface area contributed by atoms with Crippen molar-refractivity contribution >= 4 is 59.9 Å². The molecule has 1 saturated heterocycles. The summed E-state index contributed by atoms with van der Waals surface area (Å²) >= 11 is 0. The second-order valence-corrected chi connectivity index (χ2v) is 25.0. The third-order valence-corrected chi connectivity index (χ3v) is 15.7. The summed E-state index contributed by atoms with van der Waals surface area (Å²) in [4.78, 5) is 41.3. The van der Waals surface area contributed by atoms with Crippen LogP contribution in [-0.2, 0) is 98.3 Å². The number of carbonyl (C=O) groups excluding carboxylic acids is 3. The first kappa shape index (κ1) is 68.7. The van der Waals surface area contributed by atoms with Crippen LogP contribution < -0.4 is 14.8 Å². The number of carbonyl (C=O) groups is 3. The summed E-state index contributed by atoms with van der Waals surface area (Å²) in [6.07, 6.45) is 5.13. The van der Waals surface area contributed by atoms with Gasteiger partial charge in [0.15, 0.2) is 6.54 Å². The number of amides is 2. The van der Waals surface area contributed by atoms with Gasteiger partial charge in [-0.3, -0.25) is 9.59 Å². The van der Waals surface area contributed by atoms with Crippen LogP contribution in [0.25, 0.3) is 17.4 Å². The Labute approximate surface area is 486 Å². The Morgan fingerprint density at radius 3 is 1.82 bits per heavy atom. The molecule has 25 nitrogen and oxygen atoms in total. The molecule has 1 fully saturated rings. The van der Waals surface area contributed by atoms with Gasteiger partial charge in [0.25, 0.3) is 11.8 Å². The number of fused-ring (bicyclic) bond motifs is 2. The van der Waals surface area contributed by atoms with E-state index in [4.69, 9.17) is 47.1 Å². The lowest BCUT2D eigenvalue weighted by Gasteiger charge is -2.30. The highest BCUT2D eigenvalue weighted by atomic mass is 32.2. The molecule has 0 aromatic heterocycles. The number of imide groups is 1. The van der Waals surface area contributed by atoms with Crippen LogP contribution in [0.15, 0.2) is 69.6 Å². The third-order valence-electron chi connectivity index (χ3n) is 13.3. The molecule has 4 aliphatic rings. The first-order valence-electron chi connectivity index (χ1n) is 27.2. The fraction of sp³-hybridized carbons (Fsp3) is 0.600. The Hall–Kier alpha value is -5.05. The van der Waals surface area contributed by atoms with Crippen molar-refractivity contribution in [3.63, 3.8) is 0 Å². The topological polar surface area (TPSA) is 329 Å². The monoisotopic (exact) mass is 1230 g/mol. The fourth-order valence-corrected chi connectivity index (χ4v) is 10.6. The van der Waals surface area contributed by atoms with E-state index in [9.17, 15) is 53.3 Å². The third kappa shape index (κ3) is 23.0. The van der Waals surface area contributed by atoms with E-state index < -0.39 is 75.4 Å². The largest absolute Gasteiger partial charge is 0.748 e. The average Bonchev–Trinajstić information content (AvgIpc) is 1.89. The van der Waals surface area contributed by atoms with Gasteiger partial charge in [-0.05, 0) is 78.8 Å². The molecule has 1 aromatic carbocycles. The molecular formula is C55H77N3O22S3-2. The molecular weight excluding hydrogens is 1150 g/mol. The zero-order valence-corrected chi connectivity index (χ0v) is 50.2. The van der Waals surface area contributed by atoms with Crippen LogP contribution in [0.5, 0.6) is 0 Å². The summed E-state index contributed by atoms with van der Waals surface area (Å²) in [7, 11) is -12.4. The van der Waals surface area contributed by atoms with Crippen molar-refractivity contribution in [1.29, 1.82) is 0 Å². The molecule has 464 valence electrons. The molecule has 0 spiro atoms. The summed E-state index contributed by atoms with van der Waals surface area (Å²) in [5.41, 5.74) is 1.78. The van der Waals surface area contributed by atoms with Crippen molar-refractivity contribution in [2.45, 2.75) is 81.9 Å². The van der Waals surface area contributed by atoms with E-state index in [2.05, 4.69) is 20.8 Å². The minimum atomic E-state index is -4.93. The molecule has 1 aliphatic carbocycles. The van der Waals surface area contributed by atoms with Crippen molar-refractivity contribution in [1.82, 2.24) is 9.64 Å². The molecule has 5 rings (SSSR count). The molecule has 0 N–H and O–H groups in total. The van der Waals surface area contributed by atoms with Crippen LogP contribution in [0.4, 0.5) is 5.69 Å². The molecule has 3 heterocycles. The molecule has 0 saturated carbocycles. The normalized spacial score (nSPS) is 17.0. The number of methoxy groups -OCH3 is 1. The summed E-state index contributed by atoms with van der Waals surface area (Å²) in [6, 6.07) is 11.6. The van der Waals surface area contributed by atoms with Crippen LogP contribution >= 0.6 is 0 Å². The molecule has 0 radical (unpaired) electrons.